The van der Waals surface area contributed by atoms with E-state index in [0.717, 1.165) is 5.56 Å². The topological polar surface area (TPSA) is 66.8 Å². The van der Waals surface area contributed by atoms with Crippen molar-refractivity contribution in [3.05, 3.63) is 64.7 Å². The number of nitrogens with zero attached hydrogens (tertiary/aromatic N) is 1. The second-order valence-corrected chi connectivity index (χ2v) is 5.83. The molecule has 0 heterocycles. The Morgan fingerprint density at radius 2 is 1.88 bits per heavy atom. The van der Waals surface area contributed by atoms with Crippen LogP contribution in [0.25, 0.3) is 0 Å². The smallest absolute Gasteiger partial charge is 0.342 e. The molecule has 126 valence electrons. The molecule has 1 N–H and O–H groups in total. The Labute approximate surface area is 145 Å². The van der Waals surface area contributed by atoms with Crippen LogP contribution in [0, 0.1) is 0 Å². The Kier molecular flexibility index (Phi) is 5.82. The highest BCUT2D eigenvalue weighted by Gasteiger charge is 2.23. The summed E-state index contributed by atoms with van der Waals surface area (Å²) in [6, 6.07) is 13.5. The molecule has 0 unspecified atom stereocenters. The minimum atomic E-state index is -0.982. The highest BCUT2D eigenvalue weighted by molar-refractivity contribution is 6.31. The minimum Gasteiger partial charge on any atom is -0.507 e. The van der Waals surface area contributed by atoms with Crippen molar-refractivity contribution in [2.24, 2.45) is 0 Å². The molecule has 2 rings (SSSR count). The molecular weight excluding hydrogens is 330 g/mol. The molecule has 0 spiro atoms. The Hall–Kier alpha value is -2.53. The number of phenols is 1. The molecule has 0 bridgehead atoms. The molecule has 0 aliphatic heterocycles. The molecule has 0 aliphatic rings. The summed E-state index contributed by atoms with van der Waals surface area (Å²) in [6.07, 6.45) is -0.982. The van der Waals surface area contributed by atoms with Crippen molar-refractivity contribution in [1.82, 2.24) is 4.90 Å². The first kappa shape index (κ1) is 17.8. The van der Waals surface area contributed by atoms with Gasteiger partial charge in [-0.05, 0) is 30.7 Å². The van der Waals surface area contributed by atoms with Gasteiger partial charge in [0, 0.05) is 18.6 Å². The lowest BCUT2D eigenvalue weighted by atomic mass is 10.2. The van der Waals surface area contributed by atoms with Gasteiger partial charge in [0.15, 0.2) is 6.10 Å². The van der Waals surface area contributed by atoms with Crippen molar-refractivity contribution in [2.45, 2.75) is 19.6 Å². The fourth-order valence-electron chi connectivity index (χ4n) is 2.19. The van der Waals surface area contributed by atoms with Crippen molar-refractivity contribution in [1.29, 1.82) is 0 Å². The van der Waals surface area contributed by atoms with Gasteiger partial charge < -0.3 is 14.7 Å². The fraction of sp³-hybridized carbons (Fsp3) is 0.222. The van der Waals surface area contributed by atoms with Gasteiger partial charge in [-0.3, -0.25) is 4.79 Å². The van der Waals surface area contributed by atoms with E-state index in [9.17, 15) is 14.7 Å². The summed E-state index contributed by atoms with van der Waals surface area (Å²) in [5.74, 6) is -1.39. The van der Waals surface area contributed by atoms with E-state index in [1.54, 1.807) is 7.05 Å². The molecule has 0 saturated heterocycles. The van der Waals surface area contributed by atoms with E-state index in [0.29, 0.717) is 11.6 Å². The van der Waals surface area contributed by atoms with E-state index in [4.69, 9.17) is 16.3 Å². The molecule has 0 aliphatic carbocycles. The van der Waals surface area contributed by atoms with Gasteiger partial charge in [-0.1, -0.05) is 41.9 Å². The number of phenolic OH excluding ortho intramolecular Hbond substituents is 1. The van der Waals surface area contributed by atoms with Crippen LogP contribution in [0.4, 0.5) is 0 Å². The maximum absolute atomic E-state index is 12.3. The molecule has 1 atom stereocenters. The Morgan fingerprint density at radius 3 is 2.54 bits per heavy atom. The lowest BCUT2D eigenvalue weighted by Gasteiger charge is -2.21. The first-order chi connectivity index (χ1) is 11.4. The van der Waals surface area contributed by atoms with Gasteiger partial charge in [0.25, 0.3) is 5.91 Å². The Balaban J connectivity index is 2.00. The first-order valence-electron chi connectivity index (χ1n) is 7.37. The lowest BCUT2D eigenvalue weighted by Crippen LogP contribution is -2.37. The number of carbonyl (C=O) groups is 2. The third-order valence-electron chi connectivity index (χ3n) is 3.45. The molecule has 0 saturated carbocycles. The third-order valence-corrected chi connectivity index (χ3v) is 3.68. The van der Waals surface area contributed by atoms with Gasteiger partial charge in [-0.25, -0.2) is 4.79 Å². The normalized spacial score (nSPS) is 11.6. The number of carbonyl (C=O) groups excluding carboxylic acids is 2. The third kappa shape index (κ3) is 4.49. The van der Waals surface area contributed by atoms with Gasteiger partial charge in [0.2, 0.25) is 0 Å². The zero-order valence-corrected chi connectivity index (χ0v) is 14.2. The predicted molar refractivity (Wildman–Crippen MR) is 90.9 cm³/mol. The molecule has 24 heavy (non-hydrogen) atoms. The van der Waals surface area contributed by atoms with E-state index < -0.39 is 12.1 Å². The number of hydrogen-bond acceptors (Lipinski definition) is 4. The predicted octanol–water partition coefficient (Wildman–Crippen LogP) is 3.25. The van der Waals surface area contributed by atoms with Crippen LogP contribution in [0.5, 0.6) is 5.75 Å². The molecule has 0 fully saturated rings. The summed E-state index contributed by atoms with van der Waals surface area (Å²) in [6.45, 7) is 1.90. The number of aromatic hydroxyl groups is 1. The van der Waals surface area contributed by atoms with E-state index in [-0.39, 0.29) is 17.2 Å². The standard InChI is InChI=1S/C18H18ClNO4/c1-12(17(22)20(2)11-13-6-4-3-5-7-13)24-18(23)15-10-14(19)8-9-16(15)21/h3-10,12,21H,11H2,1-2H3/t12-/m0/s1. The molecule has 5 nitrogen and oxygen atoms in total. The number of ether oxygens (including phenoxy) is 1. The lowest BCUT2D eigenvalue weighted by molar-refractivity contribution is -0.139. The summed E-state index contributed by atoms with van der Waals surface area (Å²) >= 11 is 5.81. The molecule has 0 aromatic heterocycles. The van der Waals surface area contributed by atoms with Gasteiger partial charge in [0.1, 0.15) is 11.3 Å². The Morgan fingerprint density at radius 1 is 1.21 bits per heavy atom. The second kappa shape index (κ2) is 7.84. The maximum atomic E-state index is 12.3. The number of esters is 1. The molecule has 2 aromatic rings. The van der Waals surface area contributed by atoms with Crippen LogP contribution in [0.3, 0.4) is 0 Å². The number of halogens is 1. The van der Waals surface area contributed by atoms with Crippen LogP contribution in [-0.2, 0) is 16.1 Å². The van der Waals surface area contributed by atoms with Crippen molar-refractivity contribution in [3.63, 3.8) is 0 Å². The molecule has 2 aromatic carbocycles. The van der Waals surface area contributed by atoms with E-state index in [2.05, 4.69) is 0 Å². The van der Waals surface area contributed by atoms with E-state index in [1.807, 2.05) is 30.3 Å². The fourth-order valence-corrected chi connectivity index (χ4v) is 2.36. The van der Waals surface area contributed by atoms with Gasteiger partial charge in [-0.15, -0.1) is 0 Å². The summed E-state index contributed by atoms with van der Waals surface area (Å²) in [4.78, 5) is 25.9. The van der Waals surface area contributed by atoms with Crippen LogP contribution in [0.15, 0.2) is 48.5 Å². The van der Waals surface area contributed by atoms with Gasteiger partial charge in [-0.2, -0.15) is 0 Å². The zero-order valence-electron chi connectivity index (χ0n) is 13.4. The van der Waals surface area contributed by atoms with Crippen LogP contribution in [0.2, 0.25) is 5.02 Å². The number of hydrogen-bond donors (Lipinski definition) is 1. The summed E-state index contributed by atoms with van der Waals surface area (Å²) in [5.41, 5.74) is 0.896. The van der Waals surface area contributed by atoms with Crippen molar-refractivity contribution in [2.75, 3.05) is 7.05 Å². The highest BCUT2D eigenvalue weighted by atomic mass is 35.5. The quantitative estimate of drug-likeness (QED) is 0.843. The first-order valence-corrected chi connectivity index (χ1v) is 7.74. The average Bonchev–Trinajstić information content (AvgIpc) is 2.57. The second-order valence-electron chi connectivity index (χ2n) is 5.39. The van der Waals surface area contributed by atoms with Gasteiger partial charge in [0.05, 0.1) is 0 Å². The van der Waals surface area contributed by atoms with Crippen molar-refractivity contribution >= 4 is 23.5 Å². The SMILES string of the molecule is C[C@H](OC(=O)c1cc(Cl)ccc1O)C(=O)N(C)Cc1ccccc1. The van der Waals surface area contributed by atoms with Gasteiger partial charge >= 0.3 is 5.97 Å². The molecule has 6 heteroatoms. The number of likely N-dealkylation sites (N-methyl/N-ethyl adjacent to an activating group) is 1. The Bertz CT molecular complexity index is 733. The van der Waals surface area contributed by atoms with Crippen LogP contribution in [0.1, 0.15) is 22.8 Å². The number of benzene rings is 2. The average molecular weight is 348 g/mol. The summed E-state index contributed by atoms with van der Waals surface area (Å²) in [7, 11) is 1.64. The molecular formula is C18H18ClNO4. The van der Waals surface area contributed by atoms with Crippen LogP contribution >= 0.6 is 11.6 Å². The molecule has 1 amide bonds. The largest absolute Gasteiger partial charge is 0.507 e. The van der Waals surface area contributed by atoms with Crippen molar-refractivity contribution in [3.8, 4) is 5.75 Å². The highest BCUT2D eigenvalue weighted by Crippen LogP contribution is 2.22. The van der Waals surface area contributed by atoms with Crippen LogP contribution in [-0.4, -0.2) is 35.0 Å². The van der Waals surface area contributed by atoms with E-state index in [1.165, 1.54) is 30.0 Å². The zero-order chi connectivity index (χ0) is 17.7. The minimum absolute atomic E-state index is 0.0761. The number of amides is 1. The van der Waals surface area contributed by atoms with Crippen LogP contribution < -0.4 is 0 Å². The maximum Gasteiger partial charge on any atom is 0.342 e. The van der Waals surface area contributed by atoms with E-state index >= 15 is 0 Å². The summed E-state index contributed by atoms with van der Waals surface area (Å²) in [5, 5.41) is 10.00. The number of rotatable bonds is 5. The van der Waals surface area contributed by atoms with Crippen molar-refractivity contribution < 1.29 is 19.4 Å². The molecule has 0 radical (unpaired) electrons. The monoisotopic (exact) mass is 347 g/mol. The summed E-state index contributed by atoms with van der Waals surface area (Å²) < 4.78 is 5.14.